The van der Waals surface area contributed by atoms with Crippen molar-refractivity contribution in [3.8, 4) is 0 Å². The van der Waals surface area contributed by atoms with Crippen LogP contribution in [0.4, 0.5) is 0 Å². The van der Waals surface area contributed by atoms with Crippen molar-refractivity contribution in [2.75, 3.05) is 6.54 Å². The SMILES string of the molecule is CCCC(Cc1ncc(C)cn1)NCC. The third-order valence-corrected chi connectivity index (χ3v) is 2.39. The van der Waals surface area contributed by atoms with E-state index in [1.807, 2.05) is 19.3 Å². The average molecular weight is 207 g/mol. The fourth-order valence-corrected chi connectivity index (χ4v) is 1.66. The monoisotopic (exact) mass is 207 g/mol. The molecule has 0 aliphatic rings. The summed E-state index contributed by atoms with van der Waals surface area (Å²) >= 11 is 0. The van der Waals surface area contributed by atoms with Crippen molar-refractivity contribution in [2.24, 2.45) is 0 Å². The van der Waals surface area contributed by atoms with Gasteiger partial charge in [0.2, 0.25) is 0 Å². The van der Waals surface area contributed by atoms with Crippen LogP contribution in [0.1, 0.15) is 38.1 Å². The summed E-state index contributed by atoms with van der Waals surface area (Å²) in [6.07, 6.45) is 7.09. The molecule has 84 valence electrons. The average Bonchev–Trinajstić information content (AvgIpc) is 2.22. The lowest BCUT2D eigenvalue weighted by atomic mass is 10.1. The van der Waals surface area contributed by atoms with Crippen molar-refractivity contribution < 1.29 is 0 Å². The lowest BCUT2D eigenvalue weighted by molar-refractivity contribution is 0.476. The molecule has 1 aromatic rings. The minimum absolute atomic E-state index is 0.516. The van der Waals surface area contributed by atoms with E-state index in [9.17, 15) is 0 Å². The predicted octanol–water partition coefficient (Wildman–Crippen LogP) is 2.11. The molecule has 1 rings (SSSR count). The van der Waals surface area contributed by atoms with E-state index < -0.39 is 0 Å². The van der Waals surface area contributed by atoms with Crippen LogP contribution in [0.5, 0.6) is 0 Å². The number of nitrogens with zero attached hydrogens (tertiary/aromatic N) is 2. The van der Waals surface area contributed by atoms with Gasteiger partial charge in [-0.2, -0.15) is 0 Å². The molecule has 0 aliphatic heterocycles. The second kappa shape index (κ2) is 6.51. The van der Waals surface area contributed by atoms with E-state index in [2.05, 4.69) is 29.1 Å². The van der Waals surface area contributed by atoms with Gasteiger partial charge >= 0.3 is 0 Å². The second-order valence-electron chi connectivity index (χ2n) is 3.92. The summed E-state index contributed by atoms with van der Waals surface area (Å²) in [5.41, 5.74) is 1.12. The Hall–Kier alpha value is -0.960. The van der Waals surface area contributed by atoms with Crippen LogP contribution in [0.25, 0.3) is 0 Å². The standard InChI is InChI=1S/C12H21N3/c1-4-6-11(13-5-2)7-12-14-8-10(3)9-15-12/h8-9,11,13H,4-7H2,1-3H3. The largest absolute Gasteiger partial charge is 0.314 e. The molecule has 15 heavy (non-hydrogen) atoms. The summed E-state index contributed by atoms with van der Waals surface area (Å²) in [6, 6.07) is 0.516. The van der Waals surface area contributed by atoms with E-state index in [1.165, 1.54) is 12.8 Å². The highest BCUT2D eigenvalue weighted by molar-refractivity contribution is 5.02. The van der Waals surface area contributed by atoms with Crippen LogP contribution in [-0.4, -0.2) is 22.6 Å². The molecule has 1 unspecified atom stereocenters. The zero-order chi connectivity index (χ0) is 11.1. The molecule has 0 bridgehead atoms. The van der Waals surface area contributed by atoms with Gasteiger partial charge in [-0.3, -0.25) is 0 Å². The van der Waals surface area contributed by atoms with Gasteiger partial charge in [0.15, 0.2) is 0 Å². The van der Waals surface area contributed by atoms with E-state index in [-0.39, 0.29) is 0 Å². The Bertz CT molecular complexity index is 263. The molecule has 1 N–H and O–H groups in total. The molecule has 1 heterocycles. The van der Waals surface area contributed by atoms with Crippen molar-refractivity contribution in [1.82, 2.24) is 15.3 Å². The molecule has 0 amide bonds. The predicted molar refractivity (Wildman–Crippen MR) is 62.8 cm³/mol. The zero-order valence-corrected chi connectivity index (χ0v) is 9.95. The van der Waals surface area contributed by atoms with Crippen LogP contribution in [-0.2, 0) is 6.42 Å². The van der Waals surface area contributed by atoms with Crippen molar-refractivity contribution in [2.45, 2.75) is 46.1 Å². The Labute approximate surface area is 92.3 Å². The van der Waals surface area contributed by atoms with E-state index in [4.69, 9.17) is 0 Å². The van der Waals surface area contributed by atoms with Crippen molar-refractivity contribution in [3.05, 3.63) is 23.8 Å². The fourth-order valence-electron chi connectivity index (χ4n) is 1.66. The Balaban J connectivity index is 2.53. The summed E-state index contributed by atoms with van der Waals surface area (Å²) in [6.45, 7) is 7.37. The number of hydrogen-bond acceptors (Lipinski definition) is 3. The van der Waals surface area contributed by atoms with Crippen molar-refractivity contribution in [1.29, 1.82) is 0 Å². The molecule has 3 nitrogen and oxygen atoms in total. The maximum atomic E-state index is 4.33. The highest BCUT2D eigenvalue weighted by atomic mass is 14.9. The molecule has 1 aromatic heterocycles. The number of rotatable bonds is 6. The van der Waals surface area contributed by atoms with Gasteiger partial charge in [-0.15, -0.1) is 0 Å². The fraction of sp³-hybridized carbons (Fsp3) is 0.667. The molecule has 0 saturated heterocycles. The van der Waals surface area contributed by atoms with Gasteiger partial charge in [0.05, 0.1) is 0 Å². The van der Waals surface area contributed by atoms with E-state index >= 15 is 0 Å². The van der Waals surface area contributed by atoms with Gasteiger partial charge in [-0.25, -0.2) is 9.97 Å². The molecule has 0 fully saturated rings. The zero-order valence-electron chi connectivity index (χ0n) is 9.95. The smallest absolute Gasteiger partial charge is 0.129 e. The third-order valence-electron chi connectivity index (χ3n) is 2.39. The number of nitrogens with one attached hydrogen (secondary N) is 1. The molecule has 0 radical (unpaired) electrons. The van der Waals surface area contributed by atoms with Gasteiger partial charge in [0.25, 0.3) is 0 Å². The van der Waals surface area contributed by atoms with Gasteiger partial charge in [-0.1, -0.05) is 20.3 Å². The normalized spacial score (nSPS) is 12.7. The molecular formula is C12H21N3. The topological polar surface area (TPSA) is 37.8 Å². The first kappa shape index (κ1) is 12.1. The minimum atomic E-state index is 0.516. The summed E-state index contributed by atoms with van der Waals surface area (Å²) in [7, 11) is 0. The van der Waals surface area contributed by atoms with Crippen LogP contribution in [0.15, 0.2) is 12.4 Å². The minimum Gasteiger partial charge on any atom is -0.314 e. The van der Waals surface area contributed by atoms with Crippen molar-refractivity contribution in [3.63, 3.8) is 0 Å². The van der Waals surface area contributed by atoms with E-state index in [0.29, 0.717) is 6.04 Å². The molecule has 0 saturated carbocycles. The van der Waals surface area contributed by atoms with Crippen LogP contribution in [0, 0.1) is 6.92 Å². The van der Waals surface area contributed by atoms with Gasteiger partial charge in [-0.05, 0) is 25.5 Å². The molecule has 0 aromatic carbocycles. The van der Waals surface area contributed by atoms with Crippen LogP contribution in [0.3, 0.4) is 0 Å². The molecule has 0 aliphatic carbocycles. The van der Waals surface area contributed by atoms with Crippen molar-refractivity contribution >= 4 is 0 Å². The maximum Gasteiger partial charge on any atom is 0.129 e. The lowest BCUT2D eigenvalue weighted by Crippen LogP contribution is -2.31. The first-order valence-corrected chi connectivity index (χ1v) is 5.77. The number of likely N-dealkylation sites (N-methyl/N-ethyl adjacent to an activating group) is 1. The van der Waals surface area contributed by atoms with Gasteiger partial charge in [0.1, 0.15) is 5.82 Å². The number of aromatic nitrogens is 2. The highest BCUT2D eigenvalue weighted by Crippen LogP contribution is 2.03. The van der Waals surface area contributed by atoms with Crippen LogP contribution < -0.4 is 5.32 Å². The summed E-state index contributed by atoms with van der Waals surface area (Å²) in [4.78, 5) is 8.66. The first-order chi connectivity index (χ1) is 7.26. The van der Waals surface area contributed by atoms with Gasteiger partial charge in [0, 0.05) is 24.9 Å². The second-order valence-corrected chi connectivity index (χ2v) is 3.92. The Morgan fingerprint density at radius 2 is 1.93 bits per heavy atom. The Morgan fingerprint density at radius 1 is 1.27 bits per heavy atom. The summed E-state index contributed by atoms with van der Waals surface area (Å²) in [5.74, 6) is 0.944. The van der Waals surface area contributed by atoms with Crippen LogP contribution in [0.2, 0.25) is 0 Å². The highest BCUT2D eigenvalue weighted by Gasteiger charge is 2.08. The van der Waals surface area contributed by atoms with E-state index in [0.717, 1.165) is 24.4 Å². The first-order valence-electron chi connectivity index (χ1n) is 5.77. The van der Waals surface area contributed by atoms with Crippen LogP contribution >= 0.6 is 0 Å². The van der Waals surface area contributed by atoms with E-state index in [1.54, 1.807) is 0 Å². The lowest BCUT2D eigenvalue weighted by Gasteiger charge is -2.15. The number of hydrogen-bond donors (Lipinski definition) is 1. The Morgan fingerprint density at radius 3 is 2.47 bits per heavy atom. The number of aryl methyl sites for hydroxylation is 1. The third kappa shape index (κ3) is 4.38. The molecule has 3 heteroatoms. The summed E-state index contributed by atoms with van der Waals surface area (Å²) in [5, 5.41) is 3.47. The molecular weight excluding hydrogens is 186 g/mol. The Kier molecular flexibility index (Phi) is 5.26. The summed E-state index contributed by atoms with van der Waals surface area (Å²) < 4.78 is 0. The van der Waals surface area contributed by atoms with Gasteiger partial charge < -0.3 is 5.32 Å². The maximum absolute atomic E-state index is 4.33. The quantitative estimate of drug-likeness (QED) is 0.776. The molecule has 1 atom stereocenters. The molecule has 0 spiro atoms.